The first-order valence-electron chi connectivity index (χ1n) is 10.8. The number of nitrogen functional groups attached to an aromatic ring is 1. The third-order valence-electron chi connectivity index (χ3n) is 5.37. The summed E-state index contributed by atoms with van der Waals surface area (Å²) < 4.78 is 19.9. The van der Waals surface area contributed by atoms with Crippen LogP contribution in [0.5, 0.6) is 5.75 Å². The predicted octanol–water partition coefficient (Wildman–Crippen LogP) is 2.84. The van der Waals surface area contributed by atoms with Crippen LogP contribution >= 0.6 is 0 Å². The number of aromatic nitrogens is 3. The second kappa shape index (κ2) is 9.78. The van der Waals surface area contributed by atoms with Gasteiger partial charge in [-0.05, 0) is 44.0 Å². The van der Waals surface area contributed by atoms with E-state index < -0.39 is 11.7 Å². The van der Waals surface area contributed by atoms with Crippen molar-refractivity contribution >= 4 is 23.0 Å². The molecule has 1 aliphatic rings. The van der Waals surface area contributed by atoms with E-state index in [-0.39, 0.29) is 28.8 Å². The number of benzene rings is 1. The third-order valence-corrected chi connectivity index (χ3v) is 5.37. The van der Waals surface area contributed by atoms with Gasteiger partial charge in [0.25, 0.3) is 5.91 Å². The smallest absolute Gasteiger partial charge is 0.276 e. The fraction of sp³-hybridized carbons (Fsp3) is 0.304. The summed E-state index contributed by atoms with van der Waals surface area (Å²) in [5.41, 5.74) is 13.6. The number of halogens is 1. The SMILES string of the molecule is CCOc1ccc(F)c(-c2ncc(N)c(C(=O)Nc3cnccc3N3CCCC(N)C3)n2)c1. The van der Waals surface area contributed by atoms with Crippen LogP contribution < -0.4 is 26.4 Å². The van der Waals surface area contributed by atoms with E-state index in [1.54, 1.807) is 12.4 Å². The van der Waals surface area contributed by atoms with Gasteiger partial charge in [-0.1, -0.05) is 0 Å². The minimum atomic E-state index is -0.548. The fourth-order valence-corrected chi connectivity index (χ4v) is 3.80. The van der Waals surface area contributed by atoms with Crippen molar-refractivity contribution in [2.24, 2.45) is 5.73 Å². The van der Waals surface area contributed by atoms with Crippen molar-refractivity contribution < 1.29 is 13.9 Å². The van der Waals surface area contributed by atoms with Gasteiger partial charge in [-0.3, -0.25) is 9.78 Å². The van der Waals surface area contributed by atoms with E-state index >= 15 is 0 Å². The van der Waals surface area contributed by atoms with Gasteiger partial charge < -0.3 is 26.4 Å². The predicted molar refractivity (Wildman–Crippen MR) is 125 cm³/mol. The highest BCUT2D eigenvalue weighted by molar-refractivity contribution is 6.07. The Morgan fingerprint density at radius 3 is 2.97 bits per heavy atom. The Bertz CT molecular complexity index is 1160. The van der Waals surface area contributed by atoms with Gasteiger partial charge in [0.1, 0.15) is 11.6 Å². The second-order valence-electron chi connectivity index (χ2n) is 7.77. The number of hydrogen-bond acceptors (Lipinski definition) is 8. The van der Waals surface area contributed by atoms with Crippen molar-refractivity contribution in [3.63, 3.8) is 0 Å². The lowest BCUT2D eigenvalue weighted by molar-refractivity contribution is 0.102. The molecule has 10 heteroatoms. The topological polar surface area (TPSA) is 132 Å². The number of hydrogen-bond donors (Lipinski definition) is 3. The first-order valence-corrected chi connectivity index (χ1v) is 10.8. The summed E-state index contributed by atoms with van der Waals surface area (Å²) in [6.45, 7) is 3.77. The van der Waals surface area contributed by atoms with Crippen LogP contribution in [0.3, 0.4) is 0 Å². The molecule has 0 bridgehead atoms. The molecule has 33 heavy (non-hydrogen) atoms. The van der Waals surface area contributed by atoms with Gasteiger partial charge in [0, 0.05) is 25.3 Å². The van der Waals surface area contributed by atoms with Gasteiger partial charge in [0.05, 0.1) is 41.6 Å². The molecular weight excluding hydrogens is 425 g/mol. The average molecular weight is 452 g/mol. The molecule has 9 nitrogen and oxygen atoms in total. The number of rotatable bonds is 6. The lowest BCUT2D eigenvalue weighted by Crippen LogP contribution is -2.43. The molecule has 172 valence electrons. The first kappa shape index (κ1) is 22.4. The molecule has 0 radical (unpaired) electrons. The molecule has 1 unspecified atom stereocenters. The van der Waals surface area contributed by atoms with Crippen LogP contribution in [0.2, 0.25) is 0 Å². The molecule has 1 atom stereocenters. The number of ether oxygens (including phenoxy) is 1. The maximum atomic E-state index is 14.5. The standard InChI is InChI=1S/C23H26FN7O2/c1-2-33-15-5-6-17(24)16(10-15)22-28-11-18(26)21(30-22)23(32)29-19-12-27-8-7-20(19)31-9-3-4-14(25)13-31/h5-8,10-12,14H,2-4,9,13,25-26H2,1H3,(H,29,32). The molecule has 1 aliphatic heterocycles. The minimum absolute atomic E-state index is 0.0295. The van der Waals surface area contributed by atoms with Gasteiger partial charge >= 0.3 is 0 Å². The van der Waals surface area contributed by atoms with Crippen molar-refractivity contribution in [1.29, 1.82) is 0 Å². The zero-order valence-electron chi connectivity index (χ0n) is 18.3. The number of nitrogens with one attached hydrogen (secondary N) is 1. The lowest BCUT2D eigenvalue weighted by Gasteiger charge is -2.33. The number of carbonyl (C=O) groups excluding carboxylic acids is 1. The molecule has 1 fully saturated rings. The molecule has 4 rings (SSSR count). The molecule has 0 saturated carbocycles. The highest BCUT2D eigenvalue weighted by Crippen LogP contribution is 2.29. The largest absolute Gasteiger partial charge is 0.494 e. The Morgan fingerprint density at radius 1 is 1.33 bits per heavy atom. The quantitative estimate of drug-likeness (QED) is 0.521. The number of nitrogens with two attached hydrogens (primary N) is 2. The number of carbonyl (C=O) groups is 1. The molecule has 3 heterocycles. The summed E-state index contributed by atoms with van der Waals surface area (Å²) in [6.07, 6.45) is 6.45. The van der Waals surface area contributed by atoms with Crippen LogP contribution in [0.1, 0.15) is 30.3 Å². The van der Waals surface area contributed by atoms with Crippen LogP contribution in [0.25, 0.3) is 11.4 Å². The summed E-state index contributed by atoms with van der Waals surface area (Å²) in [5, 5.41) is 2.83. The Hall–Kier alpha value is -3.79. The maximum absolute atomic E-state index is 14.5. The summed E-state index contributed by atoms with van der Waals surface area (Å²) in [4.78, 5) is 27.7. The Balaban J connectivity index is 1.63. The first-order chi connectivity index (χ1) is 16.0. The van der Waals surface area contributed by atoms with E-state index in [1.807, 2.05) is 13.0 Å². The van der Waals surface area contributed by atoms with E-state index in [9.17, 15) is 9.18 Å². The van der Waals surface area contributed by atoms with E-state index in [2.05, 4.69) is 25.2 Å². The maximum Gasteiger partial charge on any atom is 0.276 e. The van der Waals surface area contributed by atoms with Crippen LogP contribution in [0, 0.1) is 5.82 Å². The van der Waals surface area contributed by atoms with Gasteiger partial charge in [0.15, 0.2) is 11.5 Å². The number of nitrogens with zero attached hydrogens (tertiary/aromatic N) is 4. The number of anilines is 3. The van der Waals surface area contributed by atoms with E-state index in [0.717, 1.165) is 25.1 Å². The average Bonchev–Trinajstić information content (AvgIpc) is 2.81. The van der Waals surface area contributed by atoms with E-state index in [1.165, 1.54) is 24.4 Å². The molecule has 2 aromatic heterocycles. The number of amides is 1. The molecule has 1 aromatic carbocycles. The highest BCUT2D eigenvalue weighted by atomic mass is 19.1. The van der Waals surface area contributed by atoms with Crippen molar-refractivity contribution in [2.45, 2.75) is 25.8 Å². The summed E-state index contributed by atoms with van der Waals surface area (Å²) in [7, 11) is 0. The Morgan fingerprint density at radius 2 is 2.18 bits per heavy atom. The molecule has 3 aromatic rings. The molecule has 0 aliphatic carbocycles. The zero-order valence-corrected chi connectivity index (χ0v) is 18.3. The summed E-state index contributed by atoms with van der Waals surface area (Å²) in [5.74, 6) is -0.583. The molecule has 0 spiro atoms. The fourth-order valence-electron chi connectivity index (χ4n) is 3.80. The lowest BCUT2D eigenvalue weighted by atomic mass is 10.1. The van der Waals surface area contributed by atoms with Gasteiger partial charge in [0.2, 0.25) is 0 Å². The van der Waals surface area contributed by atoms with Crippen molar-refractivity contribution in [1.82, 2.24) is 15.0 Å². The number of piperidine rings is 1. The zero-order chi connectivity index (χ0) is 23.4. The number of pyridine rings is 1. The normalized spacial score (nSPS) is 15.8. The van der Waals surface area contributed by atoms with Gasteiger partial charge in [-0.15, -0.1) is 0 Å². The van der Waals surface area contributed by atoms with Crippen LogP contribution in [0.4, 0.5) is 21.5 Å². The second-order valence-corrected chi connectivity index (χ2v) is 7.77. The van der Waals surface area contributed by atoms with Crippen LogP contribution in [0.15, 0.2) is 42.9 Å². The Kier molecular flexibility index (Phi) is 6.64. The van der Waals surface area contributed by atoms with Crippen molar-refractivity contribution in [2.75, 3.05) is 35.6 Å². The summed E-state index contributed by atoms with van der Waals surface area (Å²) >= 11 is 0. The monoisotopic (exact) mass is 451 g/mol. The highest BCUT2D eigenvalue weighted by Gasteiger charge is 2.22. The molecule has 1 amide bonds. The van der Waals surface area contributed by atoms with E-state index in [0.29, 0.717) is 24.6 Å². The van der Waals surface area contributed by atoms with Gasteiger partial charge in [-0.2, -0.15) is 0 Å². The van der Waals surface area contributed by atoms with Crippen molar-refractivity contribution in [3.05, 3.63) is 54.4 Å². The molecule has 5 N–H and O–H groups in total. The molecular formula is C23H26FN7O2. The Labute approximate surface area is 191 Å². The van der Waals surface area contributed by atoms with Crippen LogP contribution in [-0.4, -0.2) is 46.6 Å². The van der Waals surface area contributed by atoms with E-state index in [4.69, 9.17) is 16.2 Å². The summed E-state index contributed by atoms with van der Waals surface area (Å²) in [6, 6.07) is 6.18. The molecule has 1 saturated heterocycles. The minimum Gasteiger partial charge on any atom is -0.494 e. The van der Waals surface area contributed by atoms with Crippen molar-refractivity contribution in [3.8, 4) is 17.1 Å². The van der Waals surface area contributed by atoms with Crippen LogP contribution in [-0.2, 0) is 0 Å². The third kappa shape index (κ3) is 5.01. The van der Waals surface area contributed by atoms with Gasteiger partial charge in [-0.25, -0.2) is 14.4 Å².